The lowest BCUT2D eigenvalue weighted by atomic mass is 10.2. The Morgan fingerprint density at radius 2 is 1.23 bits per heavy atom. The molecular formula is C28H38OPSi+. The maximum atomic E-state index is 6.58. The van der Waals surface area contributed by atoms with Crippen LogP contribution in [0.1, 0.15) is 32.8 Å². The molecule has 0 fully saturated rings. The van der Waals surface area contributed by atoms with Crippen molar-refractivity contribution >= 4 is 31.5 Å². The van der Waals surface area contributed by atoms with E-state index in [0.29, 0.717) is 0 Å². The van der Waals surface area contributed by atoms with Crippen LogP contribution in [0.25, 0.3) is 0 Å². The van der Waals surface area contributed by atoms with Gasteiger partial charge in [-0.1, -0.05) is 75.4 Å². The highest BCUT2D eigenvalue weighted by Gasteiger charge is 2.46. The summed E-state index contributed by atoms with van der Waals surface area (Å²) >= 11 is 0. The minimum Gasteiger partial charge on any atom is -0.417 e. The van der Waals surface area contributed by atoms with Crippen LogP contribution in [0.4, 0.5) is 0 Å². The van der Waals surface area contributed by atoms with Crippen LogP contribution < -0.4 is 15.9 Å². The van der Waals surface area contributed by atoms with Gasteiger partial charge in [0, 0.05) is 13.0 Å². The smallest absolute Gasteiger partial charge is 0.191 e. The first-order chi connectivity index (χ1) is 14.7. The minimum absolute atomic E-state index is 0.244. The van der Waals surface area contributed by atoms with Crippen molar-refractivity contribution < 1.29 is 4.43 Å². The standard InChI is InChI=1S/C28H38OPSi/c1-24-16-13-14-21-27(24)30(25-17-9-7-10-18-25,26-19-11-8-12-20-26)23-15-22-29-31(5,6)28(2,3)4/h7-14,16-21H,15,22-23H2,1-6H3/q+1. The van der Waals surface area contributed by atoms with Crippen molar-refractivity contribution in [2.45, 2.75) is 52.2 Å². The minimum atomic E-state index is -1.78. The van der Waals surface area contributed by atoms with Gasteiger partial charge in [0.1, 0.15) is 23.2 Å². The molecule has 0 amide bonds. The van der Waals surface area contributed by atoms with Crippen molar-refractivity contribution in [3.63, 3.8) is 0 Å². The SMILES string of the molecule is Cc1ccccc1[P+](CCCO[Si](C)(C)C(C)(C)C)(c1ccccc1)c1ccccc1. The van der Waals surface area contributed by atoms with Gasteiger partial charge in [0.25, 0.3) is 0 Å². The van der Waals surface area contributed by atoms with Crippen LogP contribution in [0.15, 0.2) is 84.9 Å². The maximum Gasteiger partial charge on any atom is 0.191 e. The molecule has 0 N–H and O–H groups in total. The van der Waals surface area contributed by atoms with Crippen molar-refractivity contribution in [2.24, 2.45) is 0 Å². The summed E-state index contributed by atoms with van der Waals surface area (Å²) in [5.41, 5.74) is 1.38. The largest absolute Gasteiger partial charge is 0.417 e. The van der Waals surface area contributed by atoms with Gasteiger partial charge in [-0.25, -0.2) is 0 Å². The third-order valence-corrected chi connectivity index (χ3v) is 16.0. The summed E-state index contributed by atoms with van der Waals surface area (Å²) in [6, 6.07) is 31.3. The average molecular weight is 450 g/mol. The molecule has 3 aromatic rings. The van der Waals surface area contributed by atoms with Gasteiger partial charge in [-0.05, 0) is 61.0 Å². The van der Waals surface area contributed by atoms with Gasteiger partial charge >= 0.3 is 0 Å². The molecule has 0 unspecified atom stereocenters. The Labute approximate surface area is 191 Å². The van der Waals surface area contributed by atoms with Gasteiger partial charge in [0.15, 0.2) is 8.32 Å². The zero-order chi connectivity index (χ0) is 22.5. The van der Waals surface area contributed by atoms with E-state index < -0.39 is 15.6 Å². The van der Waals surface area contributed by atoms with E-state index in [9.17, 15) is 0 Å². The van der Waals surface area contributed by atoms with Gasteiger partial charge in [0.2, 0.25) is 0 Å². The first kappa shape index (κ1) is 23.9. The Morgan fingerprint density at radius 1 is 0.742 bits per heavy atom. The van der Waals surface area contributed by atoms with Gasteiger partial charge in [0.05, 0.1) is 6.16 Å². The molecule has 3 heteroatoms. The fraction of sp³-hybridized carbons (Fsp3) is 0.357. The fourth-order valence-electron chi connectivity index (χ4n) is 4.01. The number of hydrogen-bond acceptors (Lipinski definition) is 1. The van der Waals surface area contributed by atoms with E-state index in [4.69, 9.17) is 4.43 Å². The molecule has 3 rings (SSSR count). The Bertz CT molecular complexity index is 922. The molecule has 0 aliphatic rings. The van der Waals surface area contributed by atoms with Crippen LogP contribution in [0.3, 0.4) is 0 Å². The molecule has 0 heterocycles. The highest BCUT2D eigenvalue weighted by atomic mass is 31.2. The van der Waals surface area contributed by atoms with Crippen LogP contribution in [0, 0.1) is 6.92 Å². The van der Waals surface area contributed by atoms with Crippen LogP contribution in [-0.2, 0) is 4.43 Å². The number of aryl methyl sites for hydroxylation is 1. The summed E-state index contributed by atoms with van der Waals surface area (Å²) in [6.07, 6.45) is 2.19. The molecule has 0 atom stereocenters. The summed E-state index contributed by atoms with van der Waals surface area (Å²) in [4.78, 5) is 0. The molecule has 31 heavy (non-hydrogen) atoms. The summed E-state index contributed by atoms with van der Waals surface area (Å²) in [7, 11) is -3.52. The van der Waals surface area contributed by atoms with Gasteiger partial charge in [-0.3, -0.25) is 0 Å². The quantitative estimate of drug-likeness (QED) is 0.211. The maximum absolute atomic E-state index is 6.58. The first-order valence-corrected chi connectivity index (χ1v) is 16.3. The lowest BCUT2D eigenvalue weighted by molar-refractivity contribution is 0.289. The Hall–Kier alpha value is -1.73. The van der Waals surface area contributed by atoms with Crippen LogP contribution >= 0.6 is 7.26 Å². The summed E-state index contributed by atoms with van der Waals surface area (Å²) < 4.78 is 6.58. The second-order valence-electron chi connectivity index (χ2n) is 9.95. The van der Waals surface area contributed by atoms with E-state index >= 15 is 0 Å². The van der Waals surface area contributed by atoms with E-state index in [1.807, 2.05) is 0 Å². The predicted octanol–water partition coefficient (Wildman–Crippen LogP) is 6.70. The monoisotopic (exact) mass is 449 g/mol. The molecule has 0 aliphatic carbocycles. The predicted molar refractivity (Wildman–Crippen MR) is 143 cm³/mol. The molecule has 0 saturated heterocycles. The van der Waals surface area contributed by atoms with E-state index in [0.717, 1.165) is 19.2 Å². The van der Waals surface area contributed by atoms with Crippen LogP contribution in [0.5, 0.6) is 0 Å². The van der Waals surface area contributed by atoms with Crippen molar-refractivity contribution in [3.8, 4) is 0 Å². The lowest BCUT2D eigenvalue weighted by Gasteiger charge is -2.36. The molecule has 0 bridgehead atoms. The van der Waals surface area contributed by atoms with Crippen molar-refractivity contribution in [3.05, 3.63) is 90.5 Å². The lowest BCUT2D eigenvalue weighted by Crippen LogP contribution is -2.41. The zero-order valence-corrected chi connectivity index (χ0v) is 22.0. The number of hydrogen-bond donors (Lipinski definition) is 0. The van der Waals surface area contributed by atoms with Crippen LogP contribution in [-0.4, -0.2) is 21.1 Å². The second kappa shape index (κ2) is 9.82. The van der Waals surface area contributed by atoms with E-state index in [2.05, 4.69) is 126 Å². The fourth-order valence-corrected chi connectivity index (χ4v) is 9.69. The first-order valence-electron chi connectivity index (χ1n) is 11.4. The molecule has 0 radical (unpaired) electrons. The molecule has 1 nitrogen and oxygen atoms in total. The Kier molecular flexibility index (Phi) is 7.58. The molecule has 164 valence electrons. The second-order valence-corrected chi connectivity index (χ2v) is 18.3. The third-order valence-electron chi connectivity index (χ3n) is 6.83. The van der Waals surface area contributed by atoms with Crippen molar-refractivity contribution in [1.82, 2.24) is 0 Å². The highest BCUT2D eigenvalue weighted by molar-refractivity contribution is 7.95. The summed E-state index contributed by atoms with van der Waals surface area (Å²) in [5.74, 6) is 0. The summed E-state index contributed by atoms with van der Waals surface area (Å²) in [5, 5.41) is 4.67. The summed E-state index contributed by atoms with van der Waals surface area (Å²) in [6.45, 7) is 14.8. The van der Waals surface area contributed by atoms with Crippen LogP contribution in [0.2, 0.25) is 18.1 Å². The average Bonchev–Trinajstić information content (AvgIpc) is 2.75. The Morgan fingerprint density at radius 3 is 1.71 bits per heavy atom. The van der Waals surface area contributed by atoms with E-state index in [1.54, 1.807) is 0 Å². The molecule has 3 aromatic carbocycles. The van der Waals surface area contributed by atoms with Crippen molar-refractivity contribution in [2.75, 3.05) is 12.8 Å². The molecule has 0 aliphatic heterocycles. The zero-order valence-electron chi connectivity index (χ0n) is 20.1. The highest BCUT2D eigenvalue weighted by Crippen LogP contribution is 2.56. The van der Waals surface area contributed by atoms with Gasteiger partial charge in [-0.2, -0.15) is 0 Å². The number of rotatable bonds is 8. The van der Waals surface area contributed by atoms with Gasteiger partial charge in [-0.15, -0.1) is 0 Å². The molecule has 0 saturated carbocycles. The topological polar surface area (TPSA) is 9.23 Å². The van der Waals surface area contributed by atoms with E-state index in [-0.39, 0.29) is 5.04 Å². The van der Waals surface area contributed by atoms with Crippen molar-refractivity contribution in [1.29, 1.82) is 0 Å². The normalized spacial score (nSPS) is 12.7. The molecule has 0 spiro atoms. The third kappa shape index (κ3) is 5.20. The molecule has 0 aromatic heterocycles. The number of benzene rings is 3. The molecular weight excluding hydrogens is 411 g/mol. The van der Waals surface area contributed by atoms with E-state index in [1.165, 1.54) is 21.5 Å². The Balaban J connectivity index is 2.03. The van der Waals surface area contributed by atoms with Gasteiger partial charge < -0.3 is 4.43 Å².